The van der Waals surface area contributed by atoms with Crippen molar-refractivity contribution in [2.24, 2.45) is 12.8 Å². The number of fused-ring (bicyclic) bond motifs is 1. The summed E-state index contributed by atoms with van der Waals surface area (Å²) in [5.41, 5.74) is 14.6. The maximum Gasteiger partial charge on any atom is 0.329 e. The average molecular weight is 600 g/mol. The Kier molecular flexibility index (Phi) is 7.98. The number of ether oxygens (including phenoxy) is 2. The number of H-pyrrole nitrogens is 1. The van der Waals surface area contributed by atoms with E-state index in [1.165, 1.54) is 0 Å². The largest absolute Gasteiger partial charge is 0.381 e. The molecular weight excluding hydrogens is 558 g/mol. The van der Waals surface area contributed by atoms with E-state index in [4.69, 9.17) is 15.2 Å². The predicted molar refractivity (Wildman–Crippen MR) is 172 cm³/mol. The first-order chi connectivity index (χ1) is 21.1. The third kappa shape index (κ3) is 5.05. The second kappa shape index (κ2) is 11.7. The van der Waals surface area contributed by atoms with Gasteiger partial charge in [-0.25, -0.2) is 4.79 Å². The Labute approximate surface area is 256 Å². The highest BCUT2D eigenvalue weighted by Gasteiger charge is 2.30. The highest BCUT2D eigenvalue weighted by Crippen LogP contribution is 2.41. The van der Waals surface area contributed by atoms with Crippen molar-refractivity contribution >= 4 is 22.6 Å². The lowest BCUT2D eigenvalue weighted by Gasteiger charge is -2.38. The number of benzene rings is 2. The molecule has 1 amide bonds. The maximum atomic E-state index is 13.4. The number of pyridine rings is 1. The smallest absolute Gasteiger partial charge is 0.329 e. The Morgan fingerprint density at radius 1 is 1.02 bits per heavy atom. The monoisotopic (exact) mass is 599 g/mol. The van der Waals surface area contributed by atoms with E-state index in [-0.39, 0.29) is 23.3 Å². The molecule has 10 nitrogen and oxygen atoms in total. The van der Waals surface area contributed by atoms with Crippen molar-refractivity contribution in [2.75, 3.05) is 37.9 Å². The van der Waals surface area contributed by atoms with Gasteiger partial charge in [-0.1, -0.05) is 6.07 Å². The van der Waals surface area contributed by atoms with E-state index in [1.807, 2.05) is 51.1 Å². The summed E-state index contributed by atoms with van der Waals surface area (Å²) in [7, 11) is 1.78. The molecule has 6 rings (SSSR count). The van der Waals surface area contributed by atoms with Crippen molar-refractivity contribution in [3.05, 3.63) is 84.7 Å². The number of imidazole rings is 1. The molecule has 0 bridgehead atoms. The van der Waals surface area contributed by atoms with Gasteiger partial charge in [-0.2, -0.15) is 0 Å². The number of nitrogens with one attached hydrogen (secondary N) is 1. The minimum absolute atomic E-state index is 0.00822. The summed E-state index contributed by atoms with van der Waals surface area (Å²) in [6.07, 6.45) is 2.09. The van der Waals surface area contributed by atoms with Gasteiger partial charge in [-0.3, -0.25) is 18.7 Å². The fourth-order valence-electron chi connectivity index (χ4n) is 7.03. The highest BCUT2D eigenvalue weighted by molar-refractivity contribution is 5.99. The molecule has 0 radical (unpaired) electrons. The van der Waals surface area contributed by atoms with Crippen molar-refractivity contribution < 1.29 is 14.3 Å². The van der Waals surface area contributed by atoms with Crippen LogP contribution in [0.2, 0.25) is 0 Å². The van der Waals surface area contributed by atoms with Gasteiger partial charge in [0.15, 0.2) is 0 Å². The number of anilines is 1. The maximum absolute atomic E-state index is 13.4. The van der Waals surface area contributed by atoms with E-state index < -0.39 is 5.91 Å². The third-order valence-corrected chi connectivity index (χ3v) is 9.42. The lowest BCUT2D eigenvalue weighted by atomic mass is 9.86. The number of nitrogens with zero attached hydrogens (tertiary/aromatic N) is 3. The minimum atomic E-state index is -0.506. The molecule has 3 N–H and O–H groups in total. The fraction of sp³-hybridized carbons (Fsp3) is 0.441. The van der Waals surface area contributed by atoms with Crippen molar-refractivity contribution in [2.45, 2.75) is 59.0 Å². The summed E-state index contributed by atoms with van der Waals surface area (Å²) >= 11 is 0. The number of carbonyl (C=O) groups excluding carboxylic acids is 1. The van der Waals surface area contributed by atoms with Crippen molar-refractivity contribution in [1.29, 1.82) is 0 Å². The Morgan fingerprint density at radius 2 is 1.75 bits per heavy atom. The first-order valence-corrected chi connectivity index (χ1v) is 15.4. The van der Waals surface area contributed by atoms with E-state index in [2.05, 4.69) is 16.8 Å². The summed E-state index contributed by atoms with van der Waals surface area (Å²) < 4.78 is 14.5. The van der Waals surface area contributed by atoms with Gasteiger partial charge in [0.25, 0.3) is 5.56 Å². The van der Waals surface area contributed by atoms with Crippen molar-refractivity contribution in [3.63, 3.8) is 0 Å². The van der Waals surface area contributed by atoms with Crippen LogP contribution in [0.5, 0.6) is 0 Å². The summed E-state index contributed by atoms with van der Waals surface area (Å²) in [5.74, 6) is -0.506. The zero-order valence-corrected chi connectivity index (χ0v) is 26.2. The minimum Gasteiger partial charge on any atom is -0.381 e. The normalized spacial score (nSPS) is 15.9. The lowest BCUT2D eigenvalue weighted by molar-refractivity contribution is -0.0231. The quantitative estimate of drug-likeness (QED) is 0.317. The van der Waals surface area contributed by atoms with Crippen LogP contribution in [-0.4, -0.2) is 59.0 Å². The van der Waals surface area contributed by atoms with Crippen LogP contribution in [0.25, 0.3) is 22.2 Å². The number of hydrogen-bond donors (Lipinski definition) is 2. The predicted octanol–water partition coefficient (Wildman–Crippen LogP) is 3.89. The summed E-state index contributed by atoms with van der Waals surface area (Å²) in [5, 5.41) is 0. The average Bonchev–Trinajstić information content (AvgIpc) is 3.20. The molecule has 232 valence electrons. The molecule has 44 heavy (non-hydrogen) atoms. The van der Waals surface area contributed by atoms with Crippen LogP contribution in [0.4, 0.5) is 5.69 Å². The van der Waals surface area contributed by atoms with Gasteiger partial charge in [0.1, 0.15) is 0 Å². The molecule has 4 heterocycles. The zero-order chi connectivity index (χ0) is 31.3. The SMILES string of the molecule is CCN(c1c(C)c(C(N)=O)cc(-c2ccc3c(c2)n(C)c(=O)n3C2COC2)c1Cc1c(C)cc(C)[nH]c1=O)C1CCOCC1. The highest BCUT2D eigenvalue weighted by atomic mass is 16.5. The molecular formula is C34H41N5O5. The van der Waals surface area contributed by atoms with Crippen LogP contribution < -0.4 is 21.9 Å². The van der Waals surface area contributed by atoms with Crippen LogP contribution >= 0.6 is 0 Å². The molecule has 0 atom stereocenters. The second-order valence-corrected chi connectivity index (χ2v) is 12.1. The number of aryl methyl sites for hydroxylation is 3. The van der Waals surface area contributed by atoms with Gasteiger partial charge in [0, 0.05) is 61.8 Å². The second-order valence-electron chi connectivity index (χ2n) is 12.1. The Bertz CT molecular complexity index is 1870. The third-order valence-electron chi connectivity index (χ3n) is 9.42. The number of aromatic amines is 1. The molecule has 0 unspecified atom stereocenters. The number of nitrogens with two attached hydrogens (primary N) is 1. The molecule has 2 aromatic heterocycles. The molecule has 2 fully saturated rings. The molecule has 0 aliphatic carbocycles. The summed E-state index contributed by atoms with van der Waals surface area (Å²) in [4.78, 5) is 45.0. The Hall–Kier alpha value is -4.15. The lowest BCUT2D eigenvalue weighted by Crippen LogP contribution is -2.41. The zero-order valence-electron chi connectivity index (χ0n) is 26.2. The summed E-state index contributed by atoms with van der Waals surface area (Å²) in [6, 6.07) is 10.0. The molecule has 2 aliphatic rings. The van der Waals surface area contributed by atoms with E-state index in [0.717, 1.165) is 63.1 Å². The number of hydrogen-bond acceptors (Lipinski definition) is 6. The first kappa shape index (κ1) is 29.9. The van der Waals surface area contributed by atoms with Crippen LogP contribution in [0.15, 0.2) is 39.9 Å². The van der Waals surface area contributed by atoms with Gasteiger partial charge in [-0.15, -0.1) is 0 Å². The van der Waals surface area contributed by atoms with E-state index >= 15 is 0 Å². The van der Waals surface area contributed by atoms with E-state index in [9.17, 15) is 14.4 Å². The number of aromatic nitrogens is 3. The molecule has 2 aromatic carbocycles. The van der Waals surface area contributed by atoms with Gasteiger partial charge in [0.05, 0.1) is 30.3 Å². The molecule has 2 aliphatic heterocycles. The van der Waals surface area contributed by atoms with E-state index in [0.29, 0.717) is 50.5 Å². The number of rotatable bonds is 8. The number of primary amides is 1. The van der Waals surface area contributed by atoms with Crippen LogP contribution in [-0.2, 0) is 22.9 Å². The van der Waals surface area contributed by atoms with Gasteiger partial charge in [-0.05, 0) is 92.6 Å². The molecule has 2 saturated heterocycles. The number of amides is 1. The summed E-state index contributed by atoms with van der Waals surface area (Å²) in [6.45, 7) is 11.0. The fourth-order valence-corrected chi connectivity index (χ4v) is 7.03. The molecule has 0 saturated carbocycles. The van der Waals surface area contributed by atoms with Gasteiger partial charge >= 0.3 is 5.69 Å². The van der Waals surface area contributed by atoms with E-state index in [1.54, 1.807) is 16.2 Å². The number of carbonyl (C=O) groups is 1. The van der Waals surface area contributed by atoms with Crippen LogP contribution in [0, 0.1) is 20.8 Å². The Morgan fingerprint density at radius 3 is 2.36 bits per heavy atom. The first-order valence-electron chi connectivity index (χ1n) is 15.4. The van der Waals surface area contributed by atoms with Crippen molar-refractivity contribution in [1.82, 2.24) is 14.1 Å². The topological polar surface area (TPSA) is 125 Å². The van der Waals surface area contributed by atoms with Crippen LogP contribution in [0.1, 0.15) is 64.1 Å². The van der Waals surface area contributed by atoms with Crippen LogP contribution in [0.3, 0.4) is 0 Å². The molecule has 0 spiro atoms. The molecule has 10 heteroatoms. The van der Waals surface area contributed by atoms with Gasteiger partial charge in [0.2, 0.25) is 5.91 Å². The standard InChI is InChI=1S/C34H41N5O5/c1-6-38(23-9-11-43-12-10-23)31-21(4)26(32(35)40)16-27(28(31)15-25-19(2)13-20(3)36-33(25)41)22-7-8-29-30(14-22)37(5)34(42)39(29)24-17-44-18-24/h7-8,13-14,16,23-24H,6,9-12,15,17-18H2,1-5H3,(H2,35,40)(H,36,41). The van der Waals surface area contributed by atoms with Gasteiger partial charge < -0.3 is 25.1 Å². The Balaban J connectivity index is 1.64. The van der Waals surface area contributed by atoms with Crippen molar-refractivity contribution in [3.8, 4) is 11.1 Å². The molecule has 4 aromatic rings.